The molecule has 4 fully saturated rings. The van der Waals surface area contributed by atoms with E-state index < -0.39 is 0 Å². The minimum atomic E-state index is 0.0907. The van der Waals surface area contributed by atoms with Crippen LogP contribution in [0.2, 0.25) is 0 Å². The van der Waals surface area contributed by atoms with Gasteiger partial charge in [-0.2, -0.15) is 0 Å². The van der Waals surface area contributed by atoms with Gasteiger partial charge in [-0.25, -0.2) is 0 Å². The average molecular weight is 178 g/mol. The normalized spacial score (nSPS) is 63.1. The van der Waals surface area contributed by atoms with Gasteiger partial charge in [0.2, 0.25) is 0 Å². The summed E-state index contributed by atoms with van der Waals surface area (Å²) in [4.78, 5) is 0. The zero-order valence-corrected chi connectivity index (χ0v) is 8.27. The van der Waals surface area contributed by atoms with Gasteiger partial charge in [-0.15, -0.1) is 0 Å². The van der Waals surface area contributed by atoms with Gasteiger partial charge in [0.15, 0.2) is 0 Å². The lowest BCUT2D eigenvalue weighted by Gasteiger charge is -2.43. The lowest BCUT2D eigenvalue weighted by molar-refractivity contribution is 0.161. The molecule has 4 aliphatic carbocycles. The van der Waals surface area contributed by atoms with Crippen LogP contribution in [0.25, 0.3) is 0 Å². The Morgan fingerprint density at radius 2 is 2.08 bits per heavy atom. The molecule has 0 aliphatic heterocycles. The lowest BCUT2D eigenvalue weighted by atomic mass is 9.65. The Morgan fingerprint density at radius 3 is 2.62 bits per heavy atom. The van der Waals surface area contributed by atoms with Crippen molar-refractivity contribution < 1.29 is 0 Å². The summed E-state index contributed by atoms with van der Waals surface area (Å²) in [5.41, 5.74) is 7.13. The number of rotatable bonds is 1. The molecule has 0 aromatic carbocycles. The van der Waals surface area contributed by atoms with Crippen molar-refractivity contribution in [1.29, 1.82) is 5.41 Å². The molecule has 3 N–H and O–H groups in total. The van der Waals surface area contributed by atoms with Crippen LogP contribution < -0.4 is 5.73 Å². The van der Waals surface area contributed by atoms with Crippen LogP contribution in [0.1, 0.15) is 39.0 Å². The van der Waals surface area contributed by atoms with E-state index in [4.69, 9.17) is 11.1 Å². The highest BCUT2D eigenvalue weighted by atomic mass is 14.9. The highest BCUT2D eigenvalue weighted by Gasteiger charge is 2.65. The predicted octanol–water partition coefficient (Wildman–Crippen LogP) is 1.93. The second-order valence-electron chi connectivity index (χ2n) is 6.16. The van der Waals surface area contributed by atoms with Crippen molar-refractivity contribution in [3.8, 4) is 0 Å². The molecule has 4 rings (SSSR count). The summed E-state index contributed by atoms with van der Waals surface area (Å²) >= 11 is 0. The molecule has 0 radical (unpaired) electrons. The smallest absolute Gasteiger partial charge is 0.0171 e. The van der Waals surface area contributed by atoms with Crippen molar-refractivity contribution in [3.63, 3.8) is 0 Å². The van der Waals surface area contributed by atoms with Crippen molar-refractivity contribution in [3.05, 3.63) is 0 Å². The molecule has 4 atom stereocenters. The topological polar surface area (TPSA) is 49.9 Å². The summed E-state index contributed by atoms with van der Waals surface area (Å²) in [5.74, 6) is 0.813. The fourth-order valence-electron chi connectivity index (χ4n) is 4.78. The summed E-state index contributed by atoms with van der Waals surface area (Å²) in [5, 5.41) is 7.58. The fraction of sp³-hybridized carbons (Fsp3) is 0.909. The summed E-state index contributed by atoms with van der Waals surface area (Å²) in [6, 6.07) is 0. The molecule has 2 nitrogen and oxygen atoms in total. The van der Waals surface area contributed by atoms with Crippen molar-refractivity contribution in [2.75, 3.05) is 0 Å². The second-order valence-corrected chi connectivity index (χ2v) is 6.16. The Bertz CT molecular complexity index is 284. The fourth-order valence-corrected chi connectivity index (χ4v) is 4.78. The second kappa shape index (κ2) is 1.85. The van der Waals surface area contributed by atoms with Crippen molar-refractivity contribution in [1.82, 2.24) is 0 Å². The van der Waals surface area contributed by atoms with Crippen LogP contribution in [0.4, 0.5) is 0 Å². The Balaban J connectivity index is 2.08. The van der Waals surface area contributed by atoms with Gasteiger partial charge >= 0.3 is 0 Å². The molecule has 0 spiro atoms. The zero-order valence-electron chi connectivity index (χ0n) is 8.27. The standard InChI is InChI=1S/C11H18N2/c1-9-4-10(7-12)2-8(9)3-11(13,5-9)6-10/h7-8,12H,2-6,13H2,1H3. The third kappa shape index (κ3) is 0.804. The quantitative estimate of drug-likeness (QED) is 0.592. The average Bonchev–Trinajstić information content (AvgIpc) is 2.29. The summed E-state index contributed by atoms with van der Waals surface area (Å²) in [6.07, 6.45) is 7.68. The molecular formula is C11H18N2. The van der Waals surface area contributed by atoms with E-state index in [-0.39, 0.29) is 11.0 Å². The Morgan fingerprint density at radius 1 is 1.31 bits per heavy atom. The van der Waals surface area contributed by atoms with Gasteiger partial charge in [-0.1, -0.05) is 6.92 Å². The number of nitrogens with two attached hydrogens (primary N) is 1. The van der Waals surface area contributed by atoms with Gasteiger partial charge in [0.05, 0.1) is 0 Å². The summed E-state index contributed by atoms with van der Waals surface area (Å²) < 4.78 is 0. The molecule has 13 heavy (non-hydrogen) atoms. The van der Waals surface area contributed by atoms with E-state index in [9.17, 15) is 0 Å². The molecule has 0 saturated heterocycles. The van der Waals surface area contributed by atoms with E-state index >= 15 is 0 Å². The van der Waals surface area contributed by atoms with Gasteiger partial charge < -0.3 is 11.1 Å². The van der Waals surface area contributed by atoms with Crippen LogP contribution in [0.3, 0.4) is 0 Å². The van der Waals surface area contributed by atoms with Gasteiger partial charge in [0, 0.05) is 17.2 Å². The van der Waals surface area contributed by atoms with Gasteiger partial charge in [0.25, 0.3) is 0 Å². The molecule has 4 bridgehead atoms. The van der Waals surface area contributed by atoms with Crippen LogP contribution in [-0.4, -0.2) is 11.8 Å². The molecular weight excluding hydrogens is 160 g/mol. The maximum Gasteiger partial charge on any atom is 0.0171 e. The number of hydrogen-bond acceptors (Lipinski definition) is 2. The van der Waals surface area contributed by atoms with E-state index in [0.29, 0.717) is 5.41 Å². The molecule has 4 saturated carbocycles. The summed E-state index contributed by atoms with van der Waals surface area (Å²) in [7, 11) is 0. The van der Waals surface area contributed by atoms with Crippen LogP contribution in [-0.2, 0) is 0 Å². The van der Waals surface area contributed by atoms with E-state index in [1.807, 2.05) is 0 Å². The van der Waals surface area contributed by atoms with Crippen LogP contribution in [0.15, 0.2) is 0 Å². The maximum absolute atomic E-state index is 7.58. The third-order valence-corrected chi connectivity index (χ3v) is 4.81. The lowest BCUT2D eigenvalue weighted by Crippen LogP contribution is -2.48. The number of hydrogen-bond donors (Lipinski definition) is 2. The van der Waals surface area contributed by atoms with Gasteiger partial charge in [-0.05, 0) is 43.4 Å². The monoisotopic (exact) mass is 178 g/mol. The summed E-state index contributed by atoms with van der Waals surface area (Å²) in [6.45, 7) is 2.39. The Hall–Kier alpha value is -0.370. The van der Waals surface area contributed by atoms with Crippen molar-refractivity contribution in [2.24, 2.45) is 22.5 Å². The molecule has 4 unspecified atom stereocenters. The van der Waals surface area contributed by atoms with Gasteiger partial charge in [0.1, 0.15) is 0 Å². The van der Waals surface area contributed by atoms with E-state index in [1.165, 1.54) is 25.7 Å². The maximum atomic E-state index is 7.58. The molecule has 0 aromatic heterocycles. The first-order chi connectivity index (χ1) is 5.99. The Kier molecular flexibility index (Phi) is 1.14. The molecule has 0 heterocycles. The first-order valence-corrected chi connectivity index (χ1v) is 5.30. The molecule has 0 aromatic rings. The van der Waals surface area contributed by atoms with E-state index in [2.05, 4.69) is 6.92 Å². The molecule has 4 aliphatic rings. The zero-order chi connectivity index (χ0) is 9.32. The van der Waals surface area contributed by atoms with Crippen LogP contribution in [0.5, 0.6) is 0 Å². The van der Waals surface area contributed by atoms with Crippen LogP contribution >= 0.6 is 0 Å². The number of nitrogens with one attached hydrogen (secondary N) is 1. The minimum absolute atomic E-state index is 0.0907. The van der Waals surface area contributed by atoms with E-state index in [0.717, 1.165) is 12.3 Å². The van der Waals surface area contributed by atoms with Crippen molar-refractivity contribution in [2.45, 2.75) is 44.6 Å². The first kappa shape index (κ1) is 7.98. The van der Waals surface area contributed by atoms with Crippen molar-refractivity contribution >= 4 is 6.21 Å². The predicted molar refractivity (Wildman–Crippen MR) is 52.8 cm³/mol. The van der Waals surface area contributed by atoms with E-state index in [1.54, 1.807) is 6.21 Å². The Labute approximate surface area is 79.4 Å². The SMILES string of the molecule is CC12CC3(N)CC1CC(C=N)(C3)C2. The highest BCUT2D eigenvalue weighted by molar-refractivity contribution is 5.65. The third-order valence-electron chi connectivity index (χ3n) is 4.81. The first-order valence-electron chi connectivity index (χ1n) is 5.30. The molecule has 72 valence electrons. The largest absolute Gasteiger partial charge is 0.325 e. The van der Waals surface area contributed by atoms with Crippen LogP contribution in [0, 0.1) is 22.2 Å². The highest BCUT2D eigenvalue weighted by Crippen LogP contribution is 2.70. The molecule has 2 heteroatoms. The minimum Gasteiger partial charge on any atom is -0.325 e. The van der Waals surface area contributed by atoms with Gasteiger partial charge in [-0.3, -0.25) is 0 Å². The molecule has 0 amide bonds.